The Labute approximate surface area is 231 Å². The fourth-order valence-electron chi connectivity index (χ4n) is 3.24. The molecule has 2 aromatic rings. The predicted molar refractivity (Wildman–Crippen MR) is 121 cm³/mol. The Hall–Kier alpha value is -1.69. The topological polar surface area (TPSA) is 197 Å². The number of thiazole rings is 1. The zero-order chi connectivity index (χ0) is 23.7. The molecular formula is C17H16N7NaO5S4. The van der Waals surface area contributed by atoms with Crippen LogP contribution in [0.25, 0.3) is 0 Å². The summed E-state index contributed by atoms with van der Waals surface area (Å²) in [5.74, 6) is -2.30. The Balaban J connectivity index is 0.00000324. The van der Waals surface area contributed by atoms with Crippen molar-refractivity contribution in [3.8, 4) is 0 Å². The molecule has 0 aromatic carbocycles. The number of carboxylic acid groups (broad SMARTS) is 1. The smallest absolute Gasteiger partial charge is 0.543 e. The molecule has 1 saturated heterocycles. The standard InChI is InChI=1S/C17H17N7O5S4.Na/c18-8(25)2-10-22-23-17(33-10)32-4-6-3-30-14-11(13(27)24(14)12(6)15(28)29)21-9(26)1-7-5-31-16(19)20-7;/h5,11,14H,1-4H2,(H2,18,25)(H2,19,20)(H,21,26)(H,28,29);/q;+1/p-1. The predicted octanol–water partition coefficient (Wildman–Crippen LogP) is -4.65. The number of thioether (sulfide) groups is 2. The quantitative estimate of drug-likeness (QED) is 0.154. The molecule has 0 aliphatic carbocycles. The fraction of sp³-hybridized carbons (Fsp3) is 0.353. The summed E-state index contributed by atoms with van der Waals surface area (Å²) in [6.07, 6.45) is -0.0481. The van der Waals surface area contributed by atoms with Gasteiger partial charge in [-0.2, -0.15) is 0 Å². The fourth-order valence-corrected chi connectivity index (χ4v) is 7.19. The number of rotatable bonds is 9. The van der Waals surface area contributed by atoms with Crippen LogP contribution in [0.15, 0.2) is 21.0 Å². The number of aromatic nitrogens is 3. The number of β-lactam (4-membered cyclic amide) rings is 1. The molecule has 0 saturated carbocycles. The molecule has 0 spiro atoms. The number of hydrogen-bond acceptors (Lipinski definition) is 13. The van der Waals surface area contributed by atoms with Crippen LogP contribution in [-0.2, 0) is 32.0 Å². The number of carbonyl (C=O) groups excluding carboxylic acids is 4. The Morgan fingerprint density at radius 1 is 1.29 bits per heavy atom. The van der Waals surface area contributed by atoms with Crippen LogP contribution in [-0.4, -0.2) is 66.7 Å². The maximum Gasteiger partial charge on any atom is 1.00 e. The molecule has 5 N–H and O–H groups in total. The number of aliphatic carboxylic acids is 1. The van der Waals surface area contributed by atoms with Gasteiger partial charge in [0.05, 0.1) is 30.2 Å². The van der Waals surface area contributed by atoms with Crippen molar-refractivity contribution in [2.45, 2.75) is 28.6 Å². The van der Waals surface area contributed by atoms with Crippen LogP contribution in [0.4, 0.5) is 5.13 Å². The molecule has 4 heterocycles. The number of nitrogen functional groups attached to an aromatic ring is 1. The average molecular weight is 550 g/mol. The van der Waals surface area contributed by atoms with E-state index < -0.39 is 35.1 Å². The van der Waals surface area contributed by atoms with Crippen molar-refractivity contribution in [3.63, 3.8) is 0 Å². The van der Waals surface area contributed by atoms with E-state index >= 15 is 0 Å². The summed E-state index contributed by atoms with van der Waals surface area (Å²) in [6.45, 7) is 0. The van der Waals surface area contributed by atoms with Crippen LogP contribution in [0, 0.1) is 0 Å². The summed E-state index contributed by atoms with van der Waals surface area (Å²) in [5.41, 5.74) is 11.5. The second-order valence-electron chi connectivity index (χ2n) is 6.94. The minimum absolute atomic E-state index is 0. The molecule has 174 valence electrons. The summed E-state index contributed by atoms with van der Waals surface area (Å²) in [5, 5.41) is 24.3. The summed E-state index contributed by atoms with van der Waals surface area (Å²) >= 11 is 5.01. The van der Waals surface area contributed by atoms with Crippen molar-refractivity contribution in [2.24, 2.45) is 5.73 Å². The third kappa shape index (κ3) is 5.92. The number of carboxylic acids is 1. The van der Waals surface area contributed by atoms with Crippen molar-refractivity contribution < 1.29 is 53.8 Å². The van der Waals surface area contributed by atoms with E-state index in [1.54, 1.807) is 5.38 Å². The molecule has 0 bridgehead atoms. The number of hydrogen-bond donors (Lipinski definition) is 3. The number of anilines is 1. The Morgan fingerprint density at radius 2 is 2.06 bits per heavy atom. The van der Waals surface area contributed by atoms with Gasteiger partial charge in [-0.15, -0.1) is 33.3 Å². The third-order valence-electron chi connectivity index (χ3n) is 4.61. The molecule has 2 unspecified atom stereocenters. The van der Waals surface area contributed by atoms with Gasteiger partial charge in [-0.1, -0.05) is 23.1 Å². The number of amides is 3. The van der Waals surface area contributed by atoms with Gasteiger partial charge in [-0.05, 0) is 5.57 Å². The van der Waals surface area contributed by atoms with Crippen LogP contribution in [0.1, 0.15) is 10.7 Å². The summed E-state index contributed by atoms with van der Waals surface area (Å²) < 4.78 is 0.548. The van der Waals surface area contributed by atoms with Crippen molar-refractivity contribution in [2.75, 3.05) is 17.2 Å². The van der Waals surface area contributed by atoms with E-state index in [0.29, 0.717) is 31.5 Å². The molecule has 2 atom stereocenters. The number of nitrogens with two attached hydrogens (primary N) is 2. The van der Waals surface area contributed by atoms with Gasteiger partial charge in [-0.25, -0.2) is 4.98 Å². The van der Waals surface area contributed by atoms with Gasteiger partial charge in [0.2, 0.25) is 11.8 Å². The molecule has 17 heteroatoms. The second-order valence-corrected chi connectivity index (χ2v) is 11.2. The van der Waals surface area contributed by atoms with Gasteiger partial charge in [0.15, 0.2) is 9.47 Å². The largest absolute Gasteiger partial charge is 1.00 e. The molecular weight excluding hydrogens is 533 g/mol. The first-order valence-corrected chi connectivity index (χ1v) is 13.1. The molecule has 12 nitrogen and oxygen atoms in total. The van der Waals surface area contributed by atoms with E-state index in [2.05, 4.69) is 20.5 Å². The number of nitrogens with one attached hydrogen (secondary N) is 1. The van der Waals surface area contributed by atoms with Crippen LogP contribution in [0.2, 0.25) is 0 Å². The van der Waals surface area contributed by atoms with Gasteiger partial charge in [-0.3, -0.25) is 19.3 Å². The zero-order valence-electron chi connectivity index (χ0n) is 17.7. The molecule has 34 heavy (non-hydrogen) atoms. The summed E-state index contributed by atoms with van der Waals surface area (Å²) in [7, 11) is 0. The minimum Gasteiger partial charge on any atom is -0.543 e. The minimum atomic E-state index is -1.46. The molecule has 2 aliphatic rings. The number of primary amides is 1. The Bertz CT molecular complexity index is 1170. The van der Waals surface area contributed by atoms with Gasteiger partial charge in [0.1, 0.15) is 16.4 Å². The number of fused-ring (bicyclic) bond motifs is 1. The van der Waals surface area contributed by atoms with E-state index in [1.807, 2.05) is 0 Å². The van der Waals surface area contributed by atoms with E-state index in [4.69, 9.17) is 11.5 Å². The monoisotopic (exact) mass is 549 g/mol. The summed E-state index contributed by atoms with van der Waals surface area (Å²) in [6, 6.07) is -0.832. The van der Waals surface area contributed by atoms with Crippen LogP contribution < -0.4 is 51.4 Å². The average Bonchev–Trinajstić information content (AvgIpc) is 3.37. The van der Waals surface area contributed by atoms with Gasteiger partial charge in [0.25, 0.3) is 5.91 Å². The third-order valence-corrected chi connectivity index (χ3v) is 8.82. The maximum atomic E-state index is 12.7. The SMILES string of the molecule is NC(=O)Cc1nnc(SCC2=C(C(=O)[O-])N3C(=O)C(NC(=O)Cc4csc(N)n4)C3SC2)s1.[Na+]. The maximum absolute atomic E-state index is 12.7. The normalized spacial score (nSPS) is 19.2. The second kappa shape index (κ2) is 11.4. The van der Waals surface area contributed by atoms with Gasteiger partial charge < -0.3 is 26.7 Å². The van der Waals surface area contributed by atoms with Crippen LogP contribution >= 0.6 is 46.2 Å². The van der Waals surface area contributed by atoms with E-state index in [-0.39, 0.29) is 53.8 Å². The molecule has 2 aliphatic heterocycles. The van der Waals surface area contributed by atoms with Gasteiger partial charge >= 0.3 is 29.6 Å². The van der Waals surface area contributed by atoms with Crippen molar-refractivity contribution >= 4 is 75.0 Å². The van der Waals surface area contributed by atoms with Crippen molar-refractivity contribution in [3.05, 3.63) is 27.4 Å². The first-order valence-electron chi connectivity index (χ1n) is 9.33. The number of carbonyl (C=O) groups is 4. The van der Waals surface area contributed by atoms with E-state index in [9.17, 15) is 24.3 Å². The molecule has 2 aromatic heterocycles. The van der Waals surface area contributed by atoms with Crippen LogP contribution in [0.3, 0.4) is 0 Å². The molecule has 3 amide bonds. The van der Waals surface area contributed by atoms with Crippen molar-refractivity contribution in [1.29, 1.82) is 0 Å². The van der Waals surface area contributed by atoms with E-state index in [0.717, 1.165) is 4.90 Å². The Kier molecular flexibility index (Phi) is 8.99. The van der Waals surface area contributed by atoms with Gasteiger partial charge in [0, 0.05) is 16.9 Å². The van der Waals surface area contributed by atoms with Crippen molar-refractivity contribution in [1.82, 2.24) is 25.4 Å². The Morgan fingerprint density at radius 3 is 2.71 bits per heavy atom. The molecule has 4 rings (SSSR count). The van der Waals surface area contributed by atoms with Crippen LogP contribution in [0.5, 0.6) is 0 Å². The molecule has 0 radical (unpaired) electrons. The van der Waals surface area contributed by atoms with E-state index in [1.165, 1.54) is 46.2 Å². The first kappa shape index (κ1) is 26.9. The molecule has 1 fully saturated rings. The first-order chi connectivity index (χ1) is 15.7. The zero-order valence-corrected chi connectivity index (χ0v) is 22.9. The number of nitrogens with zero attached hydrogens (tertiary/aromatic N) is 4. The summed E-state index contributed by atoms with van der Waals surface area (Å²) in [4.78, 5) is 53.0.